The lowest BCUT2D eigenvalue weighted by Crippen LogP contribution is -2.57. The van der Waals surface area contributed by atoms with Crippen LogP contribution < -0.4 is 0 Å². The van der Waals surface area contributed by atoms with E-state index < -0.39 is 39.4 Å². The molecule has 8 heteroatoms. The Hall–Kier alpha value is -2.58. The van der Waals surface area contributed by atoms with Gasteiger partial charge in [0.1, 0.15) is 12.6 Å². The largest absolute Gasteiger partial charge is 0.461 e. The number of nitrogens with zero attached hydrogens (tertiary/aromatic N) is 2. The molecule has 3 heterocycles. The monoisotopic (exact) mass is 540 g/mol. The number of esters is 1. The van der Waals surface area contributed by atoms with E-state index in [0.29, 0.717) is 19.4 Å². The molecule has 3 saturated heterocycles. The number of hydrogen-bond acceptors (Lipinski definition) is 6. The summed E-state index contributed by atoms with van der Waals surface area (Å²) in [4.78, 5) is 45.9. The van der Waals surface area contributed by atoms with Gasteiger partial charge in [-0.1, -0.05) is 62.4 Å². The minimum atomic E-state index is -0.819. The zero-order chi connectivity index (χ0) is 27.7. The molecule has 3 fully saturated rings. The summed E-state index contributed by atoms with van der Waals surface area (Å²) >= 11 is 1.61. The number of benzene rings is 1. The van der Waals surface area contributed by atoms with Crippen LogP contribution in [0.2, 0.25) is 0 Å². The maximum absolute atomic E-state index is 14.6. The predicted molar refractivity (Wildman–Crippen MR) is 149 cm³/mol. The number of hydrogen-bond donors (Lipinski definition) is 1. The van der Waals surface area contributed by atoms with Crippen molar-refractivity contribution in [3.8, 4) is 0 Å². The van der Waals surface area contributed by atoms with Crippen LogP contribution in [0.25, 0.3) is 0 Å². The van der Waals surface area contributed by atoms with Crippen molar-refractivity contribution in [1.29, 1.82) is 0 Å². The molecule has 0 aliphatic carbocycles. The normalized spacial score (nSPS) is 31.0. The lowest BCUT2D eigenvalue weighted by molar-refractivity contribution is -0.155. The third-order valence-electron chi connectivity index (χ3n) is 8.59. The number of carbonyl (C=O) groups excluding carboxylic acids is 3. The second-order valence-electron chi connectivity index (χ2n) is 10.9. The van der Waals surface area contributed by atoms with E-state index in [0.717, 1.165) is 18.4 Å². The molecular weight excluding hydrogens is 500 g/mol. The minimum Gasteiger partial charge on any atom is -0.461 e. The predicted octanol–water partition coefficient (Wildman–Crippen LogP) is 4.13. The van der Waals surface area contributed by atoms with Gasteiger partial charge in [-0.3, -0.25) is 14.4 Å². The Labute approximate surface area is 230 Å². The topological polar surface area (TPSA) is 87.1 Å². The fourth-order valence-corrected chi connectivity index (χ4v) is 9.28. The van der Waals surface area contributed by atoms with Crippen molar-refractivity contribution >= 4 is 29.5 Å². The molecule has 3 unspecified atom stereocenters. The van der Waals surface area contributed by atoms with E-state index in [4.69, 9.17) is 4.74 Å². The number of aliphatic hydroxyl groups excluding tert-OH is 1. The molecule has 1 spiro atoms. The lowest BCUT2D eigenvalue weighted by Gasteiger charge is -2.41. The molecule has 0 radical (unpaired) electrons. The third-order valence-corrected chi connectivity index (χ3v) is 10.6. The number of rotatable bonds is 12. The summed E-state index contributed by atoms with van der Waals surface area (Å²) in [5, 5.41) is 10.6. The summed E-state index contributed by atoms with van der Waals surface area (Å²) in [7, 11) is 0. The molecule has 7 atom stereocenters. The Morgan fingerprint density at radius 2 is 1.97 bits per heavy atom. The summed E-state index contributed by atoms with van der Waals surface area (Å²) in [5.74, 6) is -2.21. The molecule has 0 aromatic heterocycles. The van der Waals surface area contributed by atoms with Crippen LogP contribution in [0.15, 0.2) is 55.6 Å². The summed E-state index contributed by atoms with van der Waals surface area (Å²) < 4.78 is 4.21. The number of fused-ring (bicyclic) bond motifs is 1. The fourth-order valence-electron chi connectivity index (χ4n) is 6.95. The smallest absolute Gasteiger partial charge is 0.311 e. The van der Waals surface area contributed by atoms with Gasteiger partial charge in [0.05, 0.1) is 29.2 Å². The number of carbonyl (C=O) groups is 3. The van der Waals surface area contributed by atoms with Gasteiger partial charge in [0, 0.05) is 17.3 Å². The Bertz CT molecular complexity index is 1080. The highest BCUT2D eigenvalue weighted by molar-refractivity contribution is 8.02. The Balaban J connectivity index is 1.85. The lowest BCUT2D eigenvalue weighted by atomic mass is 9.66. The van der Waals surface area contributed by atoms with Crippen molar-refractivity contribution in [2.24, 2.45) is 11.8 Å². The van der Waals surface area contributed by atoms with Crippen molar-refractivity contribution in [1.82, 2.24) is 9.80 Å². The van der Waals surface area contributed by atoms with Crippen LogP contribution in [-0.4, -0.2) is 74.0 Å². The second-order valence-corrected chi connectivity index (χ2v) is 12.8. The van der Waals surface area contributed by atoms with Gasteiger partial charge in [0.15, 0.2) is 0 Å². The van der Waals surface area contributed by atoms with Gasteiger partial charge < -0.3 is 19.6 Å². The van der Waals surface area contributed by atoms with Crippen molar-refractivity contribution in [2.75, 3.05) is 19.8 Å². The Morgan fingerprint density at radius 3 is 2.58 bits per heavy atom. The van der Waals surface area contributed by atoms with E-state index in [1.165, 1.54) is 6.08 Å². The van der Waals surface area contributed by atoms with Gasteiger partial charge in [-0.05, 0) is 38.7 Å². The molecule has 1 N–H and O–H groups in total. The van der Waals surface area contributed by atoms with Crippen molar-refractivity contribution in [3.05, 3.63) is 61.2 Å². The first kappa shape index (κ1) is 28.4. The van der Waals surface area contributed by atoms with Crippen LogP contribution in [0, 0.1) is 11.8 Å². The maximum Gasteiger partial charge on any atom is 0.311 e. The minimum absolute atomic E-state index is 0.0465. The molecular formula is C30H40N2O5S. The highest BCUT2D eigenvalue weighted by Gasteiger charge is 2.78. The number of thioether (sulfide) groups is 1. The maximum atomic E-state index is 14.6. The summed E-state index contributed by atoms with van der Waals surface area (Å²) in [6, 6.07) is 7.76. The standard InChI is InChI=1S/C30H40N2O5S/c1-6-12-20(4)31(17-7-2)27(35)25-30-16-15-29(5,38-30)24(28(36)37-18-8-3)23(30)26(34)32(25)22(19-33)21-13-10-9-11-14-21/h7-11,13-14,20,22-25,33H,2-3,6,12,15-19H2,1,4-5H3/t20?,22-,23+,24+,25?,29-,30?/m1/s1. The number of ether oxygens (including phenoxy) is 1. The van der Waals surface area contributed by atoms with Crippen molar-refractivity contribution < 1.29 is 24.2 Å². The van der Waals surface area contributed by atoms with E-state index in [2.05, 4.69) is 20.1 Å². The van der Waals surface area contributed by atoms with Crippen LogP contribution in [0.4, 0.5) is 0 Å². The van der Waals surface area contributed by atoms with Crippen LogP contribution in [0.5, 0.6) is 0 Å². The summed E-state index contributed by atoms with van der Waals surface area (Å²) in [6.07, 6.45) is 6.31. The second kappa shape index (κ2) is 11.3. The van der Waals surface area contributed by atoms with Gasteiger partial charge >= 0.3 is 5.97 Å². The van der Waals surface area contributed by atoms with Gasteiger partial charge in [-0.15, -0.1) is 18.3 Å². The third kappa shape index (κ3) is 4.49. The van der Waals surface area contributed by atoms with Crippen LogP contribution >= 0.6 is 11.8 Å². The molecule has 1 aromatic rings. The number of aliphatic hydroxyl groups is 1. The molecule has 4 rings (SSSR count). The average Bonchev–Trinajstić information content (AvgIpc) is 3.48. The quantitative estimate of drug-likeness (QED) is 0.317. The van der Waals surface area contributed by atoms with Crippen LogP contribution in [0.3, 0.4) is 0 Å². The van der Waals surface area contributed by atoms with E-state index in [1.807, 2.05) is 49.1 Å². The van der Waals surface area contributed by atoms with Crippen molar-refractivity contribution in [3.63, 3.8) is 0 Å². The highest BCUT2D eigenvalue weighted by atomic mass is 32.2. The van der Waals surface area contributed by atoms with Crippen LogP contribution in [0.1, 0.15) is 58.1 Å². The first-order chi connectivity index (χ1) is 18.2. The van der Waals surface area contributed by atoms with Gasteiger partial charge in [-0.2, -0.15) is 0 Å². The average molecular weight is 541 g/mol. The molecule has 1 aromatic carbocycles. The zero-order valence-corrected chi connectivity index (χ0v) is 23.5. The highest BCUT2D eigenvalue weighted by Crippen LogP contribution is 2.72. The molecule has 206 valence electrons. The summed E-state index contributed by atoms with van der Waals surface area (Å²) in [6.45, 7) is 13.8. The number of amides is 2. The molecule has 0 saturated carbocycles. The first-order valence-electron chi connectivity index (χ1n) is 13.6. The van der Waals surface area contributed by atoms with Gasteiger partial charge in [0.25, 0.3) is 0 Å². The van der Waals surface area contributed by atoms with E-state index in [9.17, 15) is 19.5 Å². The van der Waals surface area contributed by atoms with Crippen LogP contribution in [-0.2, 0) is 19.1 Å². The molecule has 2 bridgehead atoms. The first-order valence-corrected chi connectivity index (χ1v) is 14.4. The van der Waals surface area contributed by atoms with Crippen molar-refractivity contribution in [2.45, 2.75) is 74.1 Å². The molecule has 2 amide bonds. The SMILES string of the molecule is C=CCOC(=O)[C@@H]1[C@H]2C(=O)N([C@H](CO)c3ccccc3)C(C(=O)N(CC=C)C(C)CCC)C23CC[C@@]1(C)S3. The van der Waals surface area contributed by atoms with Gasteiger partial charge in [-0.25, -0.2) is 0 Å². The molecule has 3 aliphatic heterocycles. The van der Waals surface area contributed by atoms with E-state index in [-0.39, 0.29) is 31.1 Å². The van der Waals surface area contributed by atoms with Gasteiger partial charge in [0.2, 0.25) is 11.8 Å². The number of likely N-dealkylation sites (tertiary alicyclic amines) is 1. The summed E-state index contributed by atoms with van der Waals surface area (Å²) in [5.41, 5.74) is 0.756. The fraction of sp³-hybridized carbons (Fsp3) is 0.567. The molecule has 7 nitrogen and oxygen atoms in total. The Kier molecular flexibility index (Phi) is 8.43. The van der Waals surface area contributed by atoms with E-state index in [1.54, 1.807) is 22.7 Å². The Morgan fingerprint density at radius 1 is 1.26 bits per heavy atom. The van der Waals surface area contributed by atoms with E-state index >= 15 is 0 Å². The molecule has 38 heavy (non-hydrogen) atoms. The molecule has 3 aliphatic rings. The zero-order valence-electron chi connectivity index (χ0n) is 22.7.